The summed E-state index contributed by atoms with van der Waals surface area (Å²) in [6, 6.07) is 11.9. The van der Waals surface area contributed by atoms with E-state index < -0.39 is 0 Å². The van der Waals surface area contributed by atoms with Crippen LogP contribution in [0.4, 0.5) is 0 Å². The molecule has 2 unspecified atom stereocenters. The maximum Gasteiger partial charge on any atom is 0.251 e. The lowest BCUT2D eigenvalue weighted by Gasteiger charge is -2.34. The van der Waals surface area contributed by atoms with Crippen molar-refractivity contribution in [2.75, 3.05) is 54.7 Å². The summed E-state index contributed by atoms with van der Waals surface area (Å²) in [5, 5.41) is 3.29. The summed E-state index contributed by atoms with van der Waals surface area (Å²) in [4.78, 5) is 17.7. The Morgan fingerprint density at radius 1 is 1.09 bits per heavy atom. The summed E-state index contributed by atoms with van der Waals surface area (Å²) in [5.41, 5.74) is 4.18. The number of nitrogens with one attached hydrogen (secondary N) is 1. The minimum absolute atomic E-state index is 0.0671. The molecule has 0 saturated carbocycles. The molecule has 1 N–H and O–H groups in total. The van der Waals surface area contributed by atoms with Crippen molar-refractivity contribution >= 4 is 5.91 Å². The van der Waals surface area contributed by atoms with Gasteiger partial charge in [0.25, 0.3) is 5.91 Å². The SMILES string of the molecule is COCC1CCc2cc3c(cc2C1NC(=O)c1ccc(CN(C)CCCN(C)C)cc1)OCO3. The molecule has 0 fully saturated rings. The van der Waals surface area contributed by atoms with E-state index in [-0.39, 0.29) is 24.7 Å². The average Bonchev–Trinajstić information content (AvgIpc) is 3.27. The molecule has 2 aliphatic rings. The molecule has 1 heterocycles. The molecule has 1 aliphatic carbocycles. The molecule has 0 aromatic heterocycles. The predicted molar refractivity (Wildman–Crippen MR) is 132 cm³/mol. The lowest BCUT2D eigenvalue weighted by atomic mass is 9.79. The van der Waals surface area contributed by atoms with Gasteiger partial charge < -0.3 is 29.3 Å². The highest BCUT2D eigenvalue weighted by Crippen LogP contribution is 2.42. The zero-order valence-corrected chi connectivity index (χ0v) is 20.8. The fourth-order valence-corrected chi connectivity index (χ4v) is 4.89. The lowest BCUT2D eigenvalue weighted by Crippen LogP contribution is -2.38. The number of methoxy groups -OCH3 is 1. The Balaban J connectivity index is 1.43. The first-order valence-corrected chi connectivity index (χ1v) is 12.1. The van der Waals surface area contributed by atoms with E-state index in [1.165, 1.54) is 11.1 Å². The summed E-state index contributed by atoms with van der Waals surface area (Å²) in [5.74, 6) is 1.67. The van der Waals surface area contributed by atoms with Crippen LogP contribution in [0.15, 0.2) is 36.4 Å². The molecular formula is C27H37N3O4. The third-order valence-electron chi connectivity index (χ3n) is 6.71. The first-order chi connectivity index (χ1) is 16.4. The van der Waals surface area contributed by atoms with Gasteiger partial charge in [-0.15, -0.1) is 0 Å². The van der Waals surface area contributed by atoms with E-state index in [4.69, 9.17) is 14.2 Å². The van der Waals surface area contributed by atoms with Crippen LogP contribution in [0.25, 0.3) is 0 Å². The zero-order chi connectivity index (χ0) is 24.1. The minimum atomic E-state index is -0.131. The van der Waals surface area contributed by atoms with E-state index in [2.05, 4.69) is 54.5 Å². The number of fused-ring (bicyclic) bond motifs is 2. The summed E-state index contributed by atoms with van der Waals surface area (Å²) in [6.45, 7) is 3.83. The monoisotopic (exact) mass is 467 g/mol. The van der Waals surface area contributed by atoms with Gasteiger partial charge in [0.1, 0.15) is 0 Å². The third-order valence-corrected chi connectivity index (χ3v) is 6.71. The molecule has 2 aromatic rings. The van der Waals surface area contributed by atoms with Crippen molar-refractivity contribution in [3.05, 3.63) is 58.7 Å². The van der Waals surface area contributed by atoms with E-state index in [1.54, 1.807) is 7.11 Å². The number of ether oxygens (including phenoxy) is 3. The van der Waals surface area contributed by atoms with Gasteiger partial charge >= 0.3 is 0 Å². The molecule has 0 radical (unpaired) electrons. The number of nitrogens with zero attached hydrogens (tertiary/aromatic N) is 2. The van der Waals surface area contributed by atoms with E-state index in [1.807, 2.05) is 18.2 Å². The van der Waals surface area contributed by atoms with E-state index >= 15 is 0 Å². The molecule has 1 amide bonds. The molecule has 0 saturated heterocycles. The number of carbonyl (C=O) groups excluding carboxylic acids is 1. The van der Waals surface area contributed by atoms with Crippen LogP contribution in [0.3, 0.4) is 0 Å². The smallest absolute Gasteiger partial charge is 0.251 e. The number of hydrogen-bond donors (Lipinski definition) is 1. The van der Waals surface area contributed by atoms with Gasteiger partial charge in [-0.25, -0.2) is 0 Å². The lowest BCUT2D eigenvalue weighted by molar-refractivity contribution is 0.0855. The van der Waals surface area contributed by atoms with Crippen LogP contribution in [0.5, 0.6) is 11.5 Å². The molecule has 1 aliphatic heterocycles. The molecule has 7 nitrogen and oxygen atoms in total. The van der Waals surface area contributed by atoms with Gasteiger partial charge in [-0.1, -0.05) is 12.1 Å². The molecule has 2 aromatic carbocycles. The van der Waals surface area contributed by atoms with Crippen LogP contribution in [0.1, 0.15) is 45.9 Å². The molecule has 2 atom stereocenters. The number of carbonyl (C=O) groups is 1. The number of benzene rings is 2. The molecule has 4 rings (SSSR count). The topological polar surface area (TPSA) is 63.3 Å². The van der Waals surface area contributed by atoms with E-state index in [0.29, 0.717) is 12.2 Å². The van der Waals surface area contributed by atoms with Crippen LogP contribution in [-0.2, 0) is 17.7 Å². The van der Waals surface area contributed by atoms with Crippen molar-refractivity contribution in [2.45, 2.75) is 31.8 Å². The van der Waals surface area contributed by atoms with Gasteiger partial charge in [-0.05, 0) is 94.5 Å². The minimum Gasteiger partial charge on any atom is -0.454 e. The van der Waals surface area contributed by atoms with Crippen molar-refractivity contribution in [2.24, 2.45) is 5.92 Å². The second kappa shape index (κ2) is 11.2. The Kier molecular flexibility index (Phi) is 8.08. The summed E-state index contributed by atoms with van der Waals surface area (Å²) in [7, 11) is 8.05. The highest BCUT2D eigenvalue weighted by molar-refractivity contribution is 5.94. The average molecular weight is 468 g/mol. The van der Waals surface area contributed by atoms with E-state index in [0.717, 1.165) is 56.0 Å². The fourth-order valence-electron chi connectivity index (χ4n) is 4.89. The van der Waals surface area contributed by atoms with Gasteiger partial charge in [-0.3, -0.25) is 4.79 Å². The predicted octanol–water partition coefficient (Wildman–Crippen LogP) is 3.48. The van der Waals surface area contributed by atoms with Crippen LogP contribution >= 0.6 is 0 Å². The van der Waals surface area contributed by atoms with Crippen molar-refractivity contribution in [1.82, 2.24) is 15.1 Å². The Labute approximate surface area is 203 Å². The zero-order valence-electron chi connectivity index (χ0n) is 20.8. The standard InChI is InChI=1S/C27H37N3O4/c1-29(2)12-5-13-30(3)16-19-6-8-20(9-7-19)27(31)28-26-22(17-32-4)11-10-21-14-24-25(15-23(21)26)34-18-33-24/h6-9,14-15,22,26H,5,10-13,16-18H2,1-4H3,(H,28,31). The highest BCUT2D eigenvalue weighted by atomic mass is 16.7. The second-order valence-corrected chi connectivity index (χ2v) is 9.70. The summed E-state index contributed by atoms with van der Waals surface area (Å²) < 4.78 is 16.6. The Morgan fingerprint density at radius 2 is 1.82 bits per heavy atom. The number of aryl methyl sites for hydroxylation is 1. The van der Waals surface area contributed by atoms with Crippen LogP contribution < -0.4 is 14.8 Å². The first-order valence-electron chi connectivity index (χ1n) is 12.1. The fraction of sp³-hybridized carbons (Fsp3) is 0.519. The van der Waals surface area contributed by atoms with Gasteiger partial charge in [0.15, 0.2) is 11.5 Å². The van der Waals surface area contributed by atoms with Crippen molar-refractivity contribution in [1.29, 1.82) is 0 Å². The normalized spacial score (nSPS) is 18.9. The quantitative estimate of drug-likeness (QED) is 0.577. The maximum atomic E-state index is 13.2. The van der Waals surface area contributed by atoms with Crippen molar-refractivity contribution < 1.29 is 19.0 Å². The van der Waals surface area contributed by atoms with Gasteiger partial charge in [0, 0.05) is 25.1 Å². The number of hydrogen-bond acceptors (Lipinski definition) is 6. The van der Waals surface area contributed by atoms with E-state index in [9.17, 15) is 4.79 Å². The summed E-state index contributed by atoms with van der Waals surface area (Å²) in [6.07, 6.45) is 3.02. The van der Waals surface area contributed by atoms with Gasteiger partial charge in [0.05, 0.1) is 12.6 Å². The number of amides is 1. The van der Waals surface area contributed by atoms with Crippen LogP contribution in [0.2, 0.25) is 0 Å². The summed E-state index contributed by atoms with van der Waals surface area (Å²) >= 11 is 0. The third kappa shape index (κ3) is 5.90. The first kappa shape index (κ1) is 24.5. The molecule has 184 valence electrons. The molecule has 0 bridgehead atoms. The van der Waals surface area contributed by atoms with Gasteiger partial charge in [-0.2, -0.15) is 0 Å². The molecule has 0 spiro atoms. The maximum absolute atomic E-state index is 13.2. The van der Waals surface area contributed by atoms with Crippen molar-refractivity contribution in [3.8, 4) is 11.5 Å². The molecule has 34 heavy (non-hydrogen) atoms. The largest absolute Gasteiger partial charge is 0.454 e. The Morgan fingerprint density at radius 3 is 2.53 bits per heavy atom. The van der Waals surface area contributed by atoms with Crippen molar-refractivity contribution in [3.63, 3.8) is 0 Å². The second-order valence-electron chi connectivity index (χ2n) is 9.70. The molecular weight excluding hydrogens is 430 g/mol. The molecule has 7 heteroatoms. The Bertz CT molecular complexity index is 977. The highest BCUT2D eigenvalue weighted by Gasteiger charge is 2.33. The number of rotatable bonds is 10. The van der Waals surface area contributed by atoms with Crippen LogP contribution in [0, 0.1) is 5.92 Å². The Hall–Kier alpha value is -2.61. The van der Waals surface area contributed by atoms with Gasteiger partial charge in [0.2, 0.25) is 6.79 Å². The van der Waals surface area contributed by atoms with Crippen LogP contribution in [-0.4, -0.2) is 70.4 Å².